The highest BCUT2D eigenvalue weighted by Gasteiger charge is 2.57. The van der Waals surface area contributed by atoms with Crippen LogP contribution >= 0.6 is 23.2 Å². The minimum atomic E-state index is -1.48. The topological polar surface area (TPSA) is 61.4 Å². The third kappa shape index (κ3) is 2.41. The predicted molar refractivity (Wildman–Crippen MR) is 115 cm³/mol. The predicted octanol–water partition coefficient (Wildman–Crippen LogP) is 5.18. The normalized spacial score (nSPS) is 19.6. The van der Waals surface area contributed by atoms with Crippen molar-refractivity contribution < 1.29 is 9.59 Å². The maximum Gasteiger partial charge on any atom is 0.276 e. The standard InChI is InChI=1S/C22H15Cl2N3O2/c1-12-9-10-13(11-17(12)24)27-20(28)14-5-2-3-8-18(14)26-22(27)15-6-4-7-16(23)19(15)25-21(22)29/h2-11,26H,1H3,(H,25,29)/t22-/m0/s1. The molecule has 29 heavy (non-hydrogen) atoms. The summed E-state index contributed by atoms with van der Waals surface area (Å²) < 4.78 is 0. The van der Waals surface area contributed by atoms with E-state index < -0.39 is 5.66 Å². The number of carbonyl (C=O) groups excluding carboxylic acids is 2. The second kappa shape index (κ2) is 6.24. The molecular weight excluding hydrogens is 409 g/mol. The van der Waals surface area contributed by atoms with Crippen LogP contribution in [0.15, 0.2) is 60.7 Å². The first kappa shape index (κ1) is 18.0. The van der Waals surface area contributed by atoms with Crippen molar-refractivity contribution in [2.75, 3.05) is 15.5 Å². The van der Waals surface area contributed by atoms with Gasteiger partial charge in [-0.05, 0) is 42.8 Å². The Morgan fingerprint density at radius 1 is 0.931 bits per heavy atom. The maximum absolute atomic E-state index is 13.6. The summed E-state index contributed by atoms with van der Waals surface area (Å²) in [5, 5.41) is 7.07. The quantitative estimate of drug-likeness (QED) is 0.566. The highest BCUT2D eigenvalue weighted by atomic mass is 35.5. The molecule has 0 unspecified atom stereocenters. The Kier molecular flexibility index (Phi) is 3.88. The Hall–Kier alpha value is -3.02. The van der Waals surface area contributed by atoms with Gasteiger partial charge in [0.25, 0.3) is 11.8 Å². The number of rotatable bonds is 1. The molecule has 2 amide bonds. The van der Waals surface area contributed by atoms with Gasteiger partial charge in [-0.1, -0.05) is 53.5 Å². The number of amides is 2. The van der Waals surface area contributed by atoms with E-state index in [0.29, 0.717) is 38.2 Å². The molecule has 2 aliphatic rings. The first-order valence-electron chi connectivity index (χ1n) is 9.02. The van der Waals surface area contributed by atoms with Crippen molar-refractivity contribution in [3.8, 4) is 0 Å². The molecule has 2 heterocycles. The number of hydrogen-bond acceptors (Lipinski definition) is 3. The maximum atomic E-state index is 13.6. The summed E-state index contributed by atoms with van der Waals surface area (Å²) in [5.74, 6) is -0.692. The molecule has 7 heteroatoms. The molecule has 0 saturated carbocycles. The number of benzene rings is 3. The van der Waals surface area contributed by atoms with Crippen LogP contribution < -0.4 is 15.5 Å². The van der Waals surface area contributed by atoms with E-state index in [4.69, 9.17) is 23.2 Å². The molecule has 0 bridgehead atoms. The molecule has 5 rings (SSSR count). The number of aryl methyl sites for hydroxylation is 1. The van der Waals surface area contributed by atoms with Crippen LogP contribution in [0.1, 0.15) is 21.5 Å². The first-order valence-corrected chi connectivity index (χ1v) is 9.77. The van der Waals surface area contributed by atoms with Gasteiger partial charge in [-0.25, -0.2) is 0 Å². The Morgan fingerprint density at radius 3 is 2.52 bits per heavy atom. The number of nitrogens with one attached hydrogen (secondary N) is 2. The Balaban J connectivity index is 1.83. The minimum absolute atomic E-state index is 0.303. The van der Waals surface area contributed by atoms with Gasteiger partial charge in [0, 0.05) is 22.0 Å². The van der Waals surface area contributed by atoms with Crippen LogP contribution in [-0.2, 0) is 10.5 Å². The summed E-state index contributed by atoms with van der Waals surface area (Å²) in [5.41, 5.74) is 2.02. The third-order valence-corrected chi connectivity index (χ3v) is 6.12. The Bertz CT molecular complexity index is 1210. The van der Waals surface area contributed by atoms with Gasteiger partial charge in [-0.2, -0.15) is 0 Å². The molecule has 144 valence electrons. The molecule has 2 aliphatic heterocycles. The summed E-state index contributed by atoms with van der Waals surface area (Å²) in [6.07, 6.45) is 0. The van der Waals surface area contributed by atoms with Crippen LogP contribution in [0.25, 0.3) is 0 Å². The molecule has 1 atom stereocenters. The molecular formula is C22H15Cl2N3O2. The Labute approximate surface area is 177 Å². The molecule has 2 N–H and O–H groups in total. The lowest BCUT2D eigenvalue weighted by Crippen LogP contribution is -2.61. The van der Waals surface area contributed by atoms with Crippen LogP contribution in [0, 0.1) is 6.92 Å². The highest BCUT2D eigenvalue weighted by Crippen LogP contribution is 2.49. The Morgan fingerprint density at radius 2 is 1.72 bits per heavy atom. The molecule has 0 saturated heterocycles. The summed E-state index contributed by atoms with van der Waals surface area (Å²) in [4.78, 5) is 28.5. The SMILES string of the molecule is Cc1ccc(N2C(=O)c3ccccc3N[C@]23C(=O)Nc2c(Cl)cccc23)cc1Cl. The fourth-order valence-corrected chi connectivity index (χ4v) is 4.36. The van der Waals surface area contributed by atoms with Gasteiger partial charge in [-0.15, -0.1) is 0 Å². The second-order valence-electron chi connectivity index (χ2n) is 7.07. The third-order valence-electron chi connectivity index (χ3n) is 5.40. The van der Waals surface area contributed by atoms with E-state index in [1.54, 1.807) is 48.5 Å². The molecule has 0 radical (unpaired) electrons. The lowest BCUT2D eigenvalue weighted by Gasteiger charge is -2.44. The summed E-state index contributed by atoms with van der Waals surface area (Å²) in [6.45, 7) is 1.88. The van der Waals surface area contributed by atoms with Crippen LogP contribution in [0.5, 0.6) is 0 Å². The zero-order chi connectivity index (χ0) is 20.3. The number of anilines is 3. The van der Waals surface area contributed by atoms with Gasteiger partial charge in [0.15, 0.2) is 0 Å². The van der Waals surface area contributed by atoms with Crippen molar-refractivity contribution in [1.29, 1.82) is 0 Å². The summed E-state index contributed by atoms with van der Waals surface area (Å²) in [7, 11) is 0. The zero-order valence-corrected chi connectivity index (χ0v) is 16.8. The monoisotopic (exact) mass is 423 g/mol. The molecule has 1 spiro atoms. The number of halogens is 2. The number of fused-ring (bicyclic) bond motifs is 3. The number of hydrogen-bond donors (Lipinski definition) is 2. The second-order valence-corrected chi connectivity index (χ2v) is 7.89. The molecule has 3 aromatic carbocycles. The van der Waals surface area contributed by atoms with Gasteiger partial charge < -0.3 is 10.6 Å². The largest absolute Gasteiger partial charge is 0.350 e. The van der Waals surface area contributed by atoms with Crippen LogP contribution in [0.2, 0.25) is 10.0 Å². The summed E-state index contributed by atoms with van der Waals surface area (Å²) >= 11 is 12.7. The van der Waals surface area contributed by atoms with Crippen molar-refractivity contribution in [3.05, 3.63) is 87.4 Å². The van der Waals surface area contributed by atoms with Gasteiger partial charge in [0.1, 0.15) is 0 Å². The van der Waals surface area contributed by atoms with E-state index >= 15 is 0 Å². The summed E-state index contributed by atoms with van der Waals surface area (Å²) in [6, 6.07) is 17.7. The van der Waals surface area contributed by atoms with Gasteiger partial charge in [0.05, 0.1) is 16.3 Å². The minimum Gasteiger partial charge on any atom is -0.350 e. The van der Waals surface area contributed by atoms with Crippen molar-refractivity contribution in [1.82, 2.24) is 0 Å². The number of carbonyl (C=O) groups is 2. The lowest BCUT2D eigenvalue weighted by atomic mass is 9.92. The smallest absolute Gasteiger partial charge is 0.276 e. The van der Waals surface area contributed by atoms with Crippen molar-refractivity contribution in [3.63, 3.8) is 0 Å². The van der Waals surface area contributed by atoms with E-state index in [2.05, 4.69) is 10.6 Å². The molecule has 3 aromatic rings. The van der Waals surface area contributed by atoms with Crippen LogP contribution in [-0.4, -0.2) is 11.8 Å². The van der Waals surface area contributed by atoms with Gasteiger partial charge >= 0.3 is 0 Å². The average Bonchev–Trinajstić information content (AvgIpc) is 2.98. The molecule has 0 aromatic heterocycles. The van der Waals surface area contributed by atoms with Crippen molar-refractivity contribution in [2.24, 2.45) is 0 Å². The number of para-hydroxylation sites is 2. The number of nitrogens with zero attached hydrogens (tertiary/aromatic N) is 1. The fraction of sp³-hybridized carbons (Fsp3) is 0.0909. The van der Waals surface area contributed by atoms with Gasteiger partial charge in [0.2, 0.25) is 5.66 Å². The first-order chi connectivity index (χ1) is 13.9. The average molecular weight is 424 g/mol. The fourth-order valence-electron chi connectivity index (χ4n) is 3.96. The van der Waals surface area contributed by atoms with Crippen LogP contribution in [0.3, 0.4) is 0 Å². The van der Waals surface area contributed by atoms with Crippen LogP contribution in [0.4, 0.5) is 17.1 Å². The molecule has 0 aliphatic carbocycles. The highest BCUT2D eigenvalue weighted by molar-refractivity contribution is 6.35. The van der Waals surface area contributed by atoms with Gasteiger partial charge in [-0.3, -0.25) is 14.5 Å². The van der Waals surface area contributed by atoms with E-state index in [1.165, 1.54) is 4.90 Å². The van der Waals surface area contributed by atoms with Crippen molar-refractivity contribution >= 4 is 52.1 Å². The lowest BCUT2D eigenvalue weighted by molar-refractivity contribution is -0.119. The van der Waals surface area contributed by atoms with Crippen molar-refractivity contribution in [2.45, 2.75) is 12.6 Å². The van der Waals surface area contributed by atoms with E-state index in [9.17, 15) is 9.59 Å². The van der Waals surface area contributed by atoms with E-state index in [1.807, 2.05) is 19.1 Å². The molecule has 5 nitrogen and oxygen atoms in total. The van der Waals surface area contributed by atoms with E-state index in [0.717, 1.165) is 5.56 Å². The zero-order valence-electron chi connectivity index (χ0n) is 15.3. The molecule has 0 fully saturated rings. The van der Waals surface area contributed by atoms with E-state index in [-0.39, 0.29) is 11.8 Å².